The lowest BCUT2D eigenvalue weighted by Crippen LogP contribution is -2.31. The van der Waals surface area contributed by atoms with Crippen LogP contribution in [-0.4, -0.2) is 12.6 Å². The summed E-state index contributed by atoms with van der Waals surface area (Å²) in [4.78, 5) is 2.24. The van der Waals surface area contributed by atoms with Crippen LogP contribution in [0.2, 0.25) is 0 Å². The molecule has 0 saturated heterocycles. The minimum absolute atomic E-state index is 0.384. The second kappa shape index (κ2) is 7.03. The molecule has 0 N–H and O–H groups in total. The molecule has 0 saturated carbocycles. The highest BCUT2D eigenvalue weighted by atomic mass is 79.9. The Morgan fingerprint density at radius 1 is 1.41 bits per heavy atom. The molecule has 0 heterocycles. The van der Waals surface area contributed by atoms with Crippen molar-refractivity contribution in [2.24, 2.45) is 0 Å². The maximum atomic E-state index is 8.70. The van der Waals surface area contributed by atoms with Crippen molar-refractivity contribution in [1.29, 1.82) is 5.26 Å². The smallest absolute Gasteiger partial charge is 0.0640 e. The molecule has 0 bridgehead atoms. The molecule has 92 valence electrons. The fourth-order valence-electron chi connectivity index (χ4n) is 1.69. The van der Waals surface area contributed by atoms with Crippen molar-refractivity contribution in [1.82, 2.24) is 0 Å². The van der Waals surface area contributed by atoms with Gasteiger partial charge in [0.1, 0.15) is 0 Å². The lowest BCUT2D eigenvalue weighted by molar-refractivity contribution is 0.685. The van der Waals surface area contributed by atoms with Crippen LogP contribution in [0.4, 0.5) is 5.69 Å². The average molecular weight is 360 g/mol. The maximum absolute atomic E-state index is 8.70. The third-order valence-electron chi connectivity index (χ3n) is 2.56. The summed E-state index contributed by atoms with van der Waals surface area (Å²) in [6, 6.07) is 8.92. The highest BCUT2D eigenvalue weighted by Crippen LogP contribution is 2.29. The molecule has 0 fully saturated rings. The van der Waals surface area contributed by atoms with Crippen LogP contribution in [-0.2, 0) is 5.33 Å². The minimum atomic E-state index is 0.384. The third kappa shape index (κ3) is 4.01. The lowest BCUT2D eigenvalue weighted by atomic mass is 10.2. The normalized spacial score (nSPS) is 10.4. The van der Waals surface area contributed by atoms with E-state index in [0.717, 1.165) is 22.0 Å². The summed E-state index contributed by atoms with van der Waals surface area (Å²) in [5.74, 6) is 0. The van der Waals surface area contributed by atoms with Crippen molar-refractivity contribution in [3.05, 3.63) is 28.2 Å². The zero-order valence-corrected chi connectivity index (χ0v) is 13.3. The van der Waals surface area contributed by atoms with Gasteiger partial charge in [-0.2, -0.15) is 5.26 Å². The molecule has 4 heteroatoms. The van der Waals surface area contributed by atoms with Gasteiger partial charge < -0.3 is 4.90 Å². The fourth-order valence-corrected chi connectivity index (χ4v) is 2.70. The van der Waals surface area contributed by atoms with Gasteiger partial charge in [0.25, 0.3) is 0 Å². The molecule has 1 rings (SSSR count). The van der Waals surface area contributed by atoms with Gasteiger partial charge in [0, 0.05) is 22.4 Å². The zero-order valence-electron chi connectivity index (χ0n) is 10.1. The number of halogens is 2. The second-order valence-electron chi connectivity index (χ2n) is 4.11. The van der Waals surface area contributed by atoms with Gasteiger partial charge in [0.15, 0.2) is 0 Å². The van der Waals surface area contributed by atoms with Crippen molar-refractivity contribution >= 4 is 37.5 Å². The van der Waals surface area contributed by atoms with Crippen molar-refractivity contribution in [3.8, 4) is 6.07 Å². The van der Waals surface area contributed by atoms with E-state index >= 15 is 0 Å². The Morgan fingerprint density at radius 2 is 2.12 bits per heavy atom. The molecule has 0 aliphatic heterocycles. The summed E-state index contributed by atoms with van der Waals surface area (Å²) in [5, 5.41) is 9.55. The number of hydrogen-bond donors (Lipinski definition) is 0. The van der Waals surface area contributed by atoms with Crippen LogP contribution < -0.4 is 4.90 Å². The van der Waals surface area contributed by atoms with Gasteiger partial charge in [-0.3, -0.25) is 0 Å². The maximum Gasteiger partial charge on any atom is 0.0640 e. The molecular weight excluding hydrogens is 344 g/mol. The Kier molecular flexibility index (Phi) is 6.01. The molecule has 17 heavy (non-hydrogen) atoms. The number of hydrogen-bond acceptors (Lipinski definition) is 2. The summed E-state index contributed by atoms with van der Waals surface area (Å²) < 4.78 is 1.08. The predicted molar refractivity (Wildman–Crippen MR) is 79.5 cm³/mol. The first-order valence-corrected chi connectivity index (χ1v) is 7.49. The van der Waals surface area contributed by atoms with Crippen molar-refractivity contribution < 1.29 is 0 Å². The summed E-state index contributed by atoms with van der Waals surface area (Å²) >= 11 is 7.05. The predicted octanol–water partition coefficient (Wildman–Crippen LogP) is 4.47. The molecule has 2 nitrogen and oxygen atoms in total. The molecular formula is C13H16Br2N2. The molecule has 0 atom stereocenters. The molecule has 1 aromatic carbocycles. The van der Waals surface area contributed by atoms with E-state index in [1.165, 1.54) is 5.56 Å². The van der Waals surface area contributed by atoms with Crippen molar-refractivity contribution in [2.45, 2.75) is 31.6 Å². The van der Waals surface area contributed by atoms with Crippen LogP contribution in [0.5, 0.6) is 0 Å². The molecule has 0 aromatic heterocycles. The number of alkyl halides is 1. The molecule has 1 aromatic rings. The molecule has 0 spiro atoms. The SMILES string of the molecule is CC(C)N(CCC#N)c1ccc(CBr)cc1Br. The summed E-state index contributed by atoms with van der Waals surface area (Å²) in [5.41, 5.74) is 2.39. The van der Waals surface area contributed by atoms with E-state index in [1.54, 1.807) is 0 Å². The largest absolute Gasteiger partial charge is 0.367 e. The Balaban J connectivity index is 2.98. The van der Waals surface area contributed by atoms with Gasteiger partial charge in [0.2, 0.25) is 0 Å². The van der Waals surface area contributed by atoms with Crippen LogP contribution in [0.15, 0.2) is 22.7 Å². The number of nitriles is 1. The van der Waals surface area contributed by atoms with E-state index in [0.29, 0.717) is 12.5 Å². The second-order valence-corrected chi connectivity index (χ2v) is 5.53. The van der Waals surface area contributed by atoms with E-state index in [1.807, 2.05) is 0 Å². The van der Waals surface area contributed by atoms with E-state index in [-0.39, 0.29) is 0 Å². The Labute approximate surface area is 120 Å². The number of anilines is 1. The van der Waals surface area contributed by atoms with Gasteiger partial charge in [-0.05, 0) is 47.5 Å². The summed E-state index contributed by atoms with van der Waals surface area (Å²) in [6.45, 7) is 5.05. The van der Waals surface area contributed by atoms with Gasteiger partial charge in [0.05, 0.1) is 18.2 Å². The molecule has 0 amide bonds. The highest BCUT2D eigenvalue weighted by molar-refractivity contribution is 9.10. The fraction of sp³-hybridized carbons (Fsp3) is 0.462. The number of rotatable bonds is 5. The monoisotopic (exact) mass is 358 g/mol. The van der Waals surface area contributed by atoms with Gasteiger partial charge in [-0.1, -0.05) is 22.0 Å². The van der Waals surface area contributed by atoms with E-state index < -0.39 is 0 Å². The molecule has 0 aliphatic rings. The minimum Gasteiger partial charge on any atom is -0.367 e. The van der Waals surface area contributed by atoms with Crippen LogP contribution in [0, 0.1) is 11.3 Å². The topological polar surface area (TPSA) is 27.0 Å². The zero-order chi connectivity index (χ0) is 12.8. The highest BCUT2D eigenvalue weighted by Gasteiger charge is 2.13. The van der Waals surface area contributed by atoms with E-state index in [4.69, 9.17) is 5.26 Å². The van der Waals surface area contributed by atoms with Crippen molar-refractivity contribution in [3.63, 3.8) is 0 Å². The van der Waals surface area contributed by atoms with E-state index in [2.05, 4.69) is 74.9 Å². The van der Waals surface area contributed by atoms with Gasteiger partial charge >= 0.3 is 0 Å². The first kappa shape index (κ1) is 14.5. The average Bonchev–Trinajstić information content (AvgIpc) is 2.30. The molecule has 0 unspecified atom stereocenters. The standard InChI is InChI=1S/C13H16Br2N2/c1-10(2)17(7-3-6-16)13-5-4-11(9-14)8-12(13)15/h4-5,8,10H,3,7,9H2,1-2H3. The number of benzene rings is 1. The Hall–Kier alpha value is -0.530. The lowest BCUT2D eigenvalue weighted by Gasteiger charge is -2.29. The van der Waals surface area contributed by atoms with Gasteiger partial charge in [-0.25, -0.2) is 0 Å². The van der Waals surface area contributed by atoms with Gasteiger partial charge in [-0.15, -0.1) is 0 Å². The van der Waals surface area contributed by atoms with Crippen LogP contribution in [0.3, 0.4) is 0 Å². The quantitative estimate of drug-likeness (QED) is 0.725. The molecule has 0 aliphatic carbocycles. The first-order valence-electron chi connectivity index (χ1n) is 5.58. The first-order chi connectivity index (χ1) is 8.10. The Bertz CT molecular complexity index is 410. The summed E-state index contributed by atoms with van der Waals surface area (Å²) in [6.07, 6.45) is 0.546. The van der Waals surface area contributed by atoms with Crippen LogP contribution in [0.25, 0.3) is 0 Å². The Morgan fingerprint density at radius 3 is 2.59 bits per heavy atom. The van der Waals surface area contributed by atoms with E-state index in [9.17, 15) is 0 Å². The summed E-state index contributed by atoms with van der Waals surface area (Å²) in [7, 11) is 0. The van der Waals surface area contributed by atoms with Crippen molar-refractivity contribution in [2.75, 3.05) is 11.4 Å². The van der Waals surface area contributed by atoms with Crippen LogP contribution >= 0.6 is 31.9 Å². The molecule has 0 radical (unpaired) electrons. The third-order valence-corrected chi connectivity index (χ3v) is 3.85. The number of nitrogens with zero attached hydrogens (tertiary/aromatic N) is 2. The van der Waals surface area contributed by atoms with Crippen LogP contribution in [0.1, 0.15) is 25.8 Å².